The highest BCUT2D eigenvalue weighted by Gasteiger charge is 2.15. The molecule has 0 saturated heterocycles. The van der Waals surface area contributed by atoms with Crippen LogP contribution in [0.3, 0.4) is 0 Å². The molecule has 1 aromatic carbocycles. The highest BCUT2D eigenvalue weighted by Crippen LogP contribution is 2.28. The first-order valence-corrected chi connectivity index (χ1v) is 6.75. The predicted molar refractivity (Wildman–Crippen MR) is 77.1 cm³/mol. The smallest absolute Gasteiger partial charge is 0.274 e. The number of benzene rings is 1. The molecule has 1 rings (SSSR count). The Labute approximate surface area is 120 Å². The average Bonchev–Trinajstić information content (AvgIpc) is 2.37. The summed E-state index contributed by atoms with van der Waals surface area (Å²) in [5.74, 6) is 0.865. The number of carbonyl (C=O) groups excluding carboxylic acids is 1. The minimum atomic E-state index is -0.441. The van der Waals surface area contributed by atoms with Gasteiger partial charge in [-0.25, -0.2) is 5.48 Å². The van der Waals surface area contributed by atoms with Crippen molar-refractivity contribution in [2.24, 2.45) is 0 Å². The van der Waals surface area contributed by atoms with Crippen molar-refractivity contribution in [3.8, 4) is 11.5 Å². The molecule has 1 aromatic rings. The fraction of sp³-hybridized carbons (Fsp3) is 0.533. The number of hydroxylamine groups is 1. The Hall–Kier alpha value is -1.75. The molecule has 20 heavy (non-hydrogen) atoms. The maximum Gasteiger partial charge on any atom is 0.274 e. The predicted octanol–water partition coefficient (Wildman–Crippen LogP) is 2.94. The van der Waals surface area contributed by atoms with Gasteiger partial charge in [-0.2, -0.15) is 0 Å². The maximum atomic E-state index is 12.0. The molecule has 0 heterocycles. The van der Waals surface area contributed by atoms with Gasteiger partial charge >= 0.3 is 0 Å². The second-order valence-corrected chi connectivity index (χ2v) is 5.17. The van der Waals surface area contributed by atoms with E-state index in [9.17, 15) is 4.79 Å². The topological polar surface area (TPSA) is 56.8 Å². The van der Waals surface area contributed by atoms with Gasteiger partial charge in [0.25, 0.3) is 5.91 Å². The number of carbonyl (C=O) groups is 1. The molecular weight excluding hydrogens is 258 g/mol. The number of rotatable bonds is 6. The molecule has 0 bridgehead atoms. The first-order chi connectivity index (χ1) is 9.37. The largest absolute Gasteiger partial charge is 0.490 e. The Balaban J connectivity index is 2.85. The molecule has 0 unspecified atom stereocenters. The van der Waals surface area contributed by atoms with Crippen LogP contribution in [0.25, 0.3) is 0 Å². The van der Waals surface area contributed by atoms with Crippen LogP contribution in [0, 0.1) is 0 Å². The van der Waals surface area contributed by atoms with Gasteiger partial charge in [-0.05, 0) is 52.8 Å². The zero-order chi connectivity index (χ0) is 15.2. The second kappa shape index (κ2) is 7.14. The van der Waals surface area contributed by atoms with Crippen molar-refractivity contribution < 1.29 is 19.1 Å². The van der Waals surface area contributed by atoms with E-state index >= 15 is 0 Å². The van der Waals surface area contributed by atoms with Gasteiger partial charge in [0, 0.05) is 5.56 Å². The quantitative estimate of drug-likeness (QED) is 0.814. The summed E-state index contributed by atoms with van der Waals surface area (Å²) in [4.78, 5) is 17.2. The highest BCUT2D eigenvalue weighted by molar-refractivity contribution is 5.94. The number of amides is 1. The lowest BCUT2D eigenvalue weighted by Crippen LogP contribution is -2.33. The van der Waals surface area contributed by atoms with Gasteiger partial charge in [0.05, 0.1) is 18.8 Å². The van der Waals surface area contributed by atoms with Gasteiger partial charge in [0.2, 0.25) is 0 Å². The fourth-order valence-corrected chi connectivity index (χ4v) is 1.45. The van der Waals surface area contributed by atoms with E-state index in [4.69, 9.17) is 14.3 Å². The molecule has 0 atom stereocenters. The lowest BCUT2D eigenvalue weighted by Gasteiger charge is -2.19. The summed E-state index contributed by atoms with van der Waals surface area (Å²) in [5, 5.41) is 0. The molecule has 5 heteroatoms. The number of nitrogens with one attached hydrogen (secondary N) is 1. The molecule has 5 nitrogen and oxygen atoms in total. The Morgan fingerprint density at radius 2 is 1.70 bits per heavy atom. The molecule has 0 fully saturated rings. The van der Waals surface area contributed by atoms with Crippen LogP contribution in [-0.4, -0.2) is 24.7 Å². The average molecular weight is 281 g/mol. The van der Waals surface area contributed by atoms with Crippen LogP contribution < -0.4 is 15.0 Å². The molecule has 1 amide bonds. The second-order valence-electron chi connectivity index (χ2n) is 5.17. The standard InChI is InChI=1S/C15H23NO4/c1-6-18-12-9-8-11(10-13(12)19-7-2)14(17)16-20-15(3,4)5/h8-10H,6-7H2,1-5H3,(H,16,17). The van der Waals surface area contributed by atoms with Gasteiger partial charge in [0.1, 0.15) is 0 Å². The van der Waals surface area contributed by atoms with Crippen molar-refractivity contribution in [1.29, 1.82) is 0 Å². The lowest BCUT2D eigenvalue weighted by molar-refractivity contribution is -0.0589. The third-order valence-corrected chi connectivity index (χ3v) is 2.26. The summed E-state index contributed by atoms with van der Waals surface area (Å²) in [6, 6.07) is 5.05. The van der Waals surface area contributed by atoms with Crippen molar-refractivity contribution >= 4 is 5.91 Å². The van der Waals surface area contributed by atoms with Crippen molar-refractivity contribution in [2.45, 2.75) is 40.2 Å². The molecule has 0 aliphatic heterocycles. The number of ether oxygens (including phenoxy) is 2. The number of hydrogen-bond donors (Lipinski definition) is 1. The Kier molecular flexibility index (Phi) is 5.82. The Morgan fingerprint density at radius 1 is 1.10 bits per heavy atom. The van der Waals surface area contributed by atoms with Crippen LogP contribution in [0.5, 0.6) is 11.5 Å². The SMILES string of the molecule is CCOc1ccc(C(=O)NOC(C)(C)C)cc1OCC. The molecule has 0 spiro atoms. The summed E-state index contributed by atoms with van der Waals surface area (Å²) in [6.45, 7) is 10.4. The zero-order valence-corrected chi connectivity index (χ0v) is 12.8. The Morgan fingerprint density at radius 3 is 2.25 bits per heavy atom. The monoisotopic (exact) mass is 281 g/mol. The van der Waals surface area contributed by atoms with Crippen molar-refractivity contribution in [3.05, 3.63) is 23.8 Å². The summed E-state index contributed by atoms with van der Waals surface area (Å²) in [7, 11) is 0. The van der Waals surface area contributed by atoms with Gasteiger partial charge < -0.3 is 9.47 Å². The van der Waals surface area contributed by atoms with E-state index in [0.29, 0.717) is 30.3 Å². The van der Waals surface area contributed by atoms with E-state index in [0.717, 1.165) is 0 Å². The minimum absolute atomic E-state index is 0.316. The highest BCUT2D eigenvalue weighted by atomic mass is 16.7. The third kappa shape index (κ3) is 5.09. The molecule has 0 aliphatic carbocycles. The first-order valence-electron chi connectivity index (χ1n) is 6.75. The van der Waals surface area contributed by atoms with Crippen LogP contribution in [0.1, 0.15) is 45.0 Å². The van der Waals surface area contributed by atoms with E-state index in [1.807, 2.05) is 34.6 Å². The summed E-state index contributed by atoms with van der Waals surface area (Å²) in [6.07, 6.45) is 0. The molecule has 1 N–H and O–H groups in total. The molecular formula is C15H23NO4. The Bertz CT molecular complexity index is 452. The first kappa shape index (κ1) is 16.3. The van der Waals surface area contributed by atoms with Crippen molar-refractivity contribution in [3.63, 3.8) is 0 Å². The van der Waals surface area contributed by atoms with E-state index in [2.05, 4.69) is 5.48 Å². The van der Waals surface area contributed by atoms with Crippen LogP contribution in [-0.2, 0) is 4.84 Å². The summed E-state index contributed by atoms with van der Waals surface area (Å²) < 4.78 is 10.9. The maximum absolute atomic E-state index is 12.0. The summed E-state index contributed by atoms with van der Waals surface area (Å²) >= 11 is 0. The number of hydrogen-bond acceptors (Lipinski definition) is 4. The van der Waals surface area contributed by atoms with Crippen LogP contribution in [0.4, 0.5) is 0 Å². The molecule has 0 aliphatic rings. The van der Waals surface area contributed by atoms with Crippen molar-refractivity contribution in [1.82, 2.24) is 5.48 Å². The minimum Gasteiger partial charge on any atom is -0.490 e. The van der Waals surface area contributed by atoms with Gasteiger partial charge in [0.15, 0.2) is 11.5 Å². The van der Waals surface area contributed by atoms with Gasteiger partial charge in [-0.1, -0.05) is 0 Å². The normalized spacial score (nSPS) is 11.1. The van der Waals surface area contributed by atoms with E-state index < -0.39 is 5.60 Å². The van der Waals surface area contributed by atoms with E-state index in [1.54, 1.807) is 18.2 Å². The van der Waals surface area contributed by atoms with E-state index in [-0.39, 0.29) is 5.91 Å². The molecule has 0 saturated carbocycles. The fourth-order valence-electron chi connectivity index (χ4n) is 1.45. The molecule has 0 radical (unpaired) electrons. The van der Waals surface area contributed by atoms with E-state index in [1.165, 1.54) is 0 Å². The summed E-state index contributed by atoms with van der Waals surface area (Å²) in [5.41, 5.74) is 2.44. The van der Waals surface area contributed by atoms with Crippen LogP contribution >= 0.6 is 0 Å². The van der Waals surface area contributed by atoms with Gasteiger partial charge in [-0.3, -0.25) is 9.63 Å². The van der Waals surface area contributed by atoms with Crippen LogP contribution in [0.2, 0.25) is 0 Å². The third-order valence-electron chi connectivity index (χ3n) is 2.26. The van der Waals surface area contributed by atoms with Crippen LogP contribution in [0.15, 0.2) is 18.2 Å². The molecule has 112 valence electrons. The lowest BCUT2D eigenvalue weighted by atomic mass is 10.2. The molecule has 0 aromatic heterocycles. The van der Waals surface area contributed by atoms with Gasteiger partial charge in [-0.15, -0.1) is 0 Å². The zero-order valence-electron chi connectivity index (χ0n) is 12.8. The van der Waals surface area contributed by atoms with Crippen molar-refractivity contribution in [2.75, 3.05) is 13.2 Å².